The number of aromatic nitrogens is 1. The van der Waals surface area contributed by atoms with Crippen molar-refractivity contribution in [2.75, 3.05) is 42.6 Å². The number of nitrogens with one attached hydrogen (secondary N) is 1. The van der Waals surface area contributed by atoms with Gasteiger partial charge in [-0.1, -0.05) is 59.3 Å². The number of fused-ring (bicyclic) bond motifs is 2. The summed E-state index contributed by atoms with van der Waals surface area (Å²) < 4.78 is 76.2. The summed E-state index contributed by atoms with van der Waals surface area (Å²) in [6.07, 6.45) is 3.26. The summed E-state index contributed by atoms with van der Waals surface area (Å²) >= 11 is 7.82. The van der Waals surface area contributed by atoms with Crippen LogP contribution >= 0.6 is 22.9 Å². The van der Waals surface area contributed by atoms with Crippen LogP contribution < -0.4 is 19.1 Å². The van der Waals surface area contributed by atoms with Gasteiger partial charge in [0.1, 0.15) is 4.70 Å². The van der Waals surface area contributed by atoms with Crippen LogP contribution in [0, 0.1) is 0 Å². The van der Waals surface area contributed by atoms with Gasteiger partial charge in [0.15, 0.2) is 12.3 Å². The zero-order chi connectivity index (χ0) is 35.6. The van der Waals surface area contributed by atoms with Crippen LogP contribution in [0.15, 0.2) is 72.6 Å². The predicted octanol–water partition coefficient (Wildman–Crippen LogP) is 5.29. The highest BCUT2D eigenvalue weighted by Gasteiger charge is 2.29. The van der Waals surface area contributed by atoms with Gasteiger partial charge in [-0.05, 0) is 75.4 Å². The van der Waals surface area contributed by atoms with Gasteiger partial charge >= 0.3 is 0 Å². The predicted molar refractivity (Wildman–Crippen MR) is 195 cm³/mol. The van der Waals surface area contributed by atoms with Crippen LogP contribution in [0.2, 0.25) is 5.02 Å². The van der Waals surface area contributed by atoms with Crippen molar-refractivity contribution in [3.8, 4) is 16.9 Å². The van der Waals surface area contributed by atoms with E-state index in [9.17, 15) is 25.9 Å². The summed E-state index contributed by atoms with van der Waals surface area (Å²) in [6.45, 7) is 11.4. The molecule has 49 heavy (non-hydrogen) atoms. The van der Waals surface area contributed by atoms with Gasteiger partial charge in [0.2, 0.25) is 11.4 Å². The lowest BCUT2D eigenvalue weighted by molar-refractivity contribution is -0.894. The summed E-state index contributed by atoms with van der Waals surface area (Å²) in [6, 6.07) is 21.4. The molecule has 266 valence electrons. The van der Waals surface area contributed by atoms with E-state index in [1.807, 2.05) is 76.2 Å². The Balaban J connectivity index is 0.000000698. The molecule has 0 bridgehead atoms. The number of anilines is 1. The number of quaternary nitrogens is 1. The van der Waals surface area contributed by atoms with E-state index in [0.717, 1.165) is 32.0 Å². The summed E-state index contributed by atoms with van der Waals surface area (Å²) in [5, 5.41) is 1.39. The Hall–Kier alpha value is -3.04. The molecule has 0 atom stereocenters. The molecular formula is C35H44ClN3O7S3. The third kappa shape index (κ3) is 11.5. The smallest absolute Gasteiger partial charge is 0.268 e. The molecule has 0 aliphatic carbocycles. The fourth-order valence-corrected chi connectivity index (χ4v) is 7.99. The molecule has 0 radical (unpaired) electrons. The molecule has 0 amide bonds. The van der Waals surface area contributed by atoms with E-state index in [1.165, 1.54) is 31.0 Å². The largest absolute Gasteiger partial charge is 0.748 e. The minimum Gasteiger partial charge on any atom is -0.748 e. The van der Waals surface area contributed by atoms with Crippen LogP contribution in [-0.4, -0.2) is 63.6 Å². The van der Waals surface area contributed by atoms with E-state index < -0.39 is 31.7 Å². The first-order valence-electron chi connectivity index (χ1n) is 16.5. The maximum absolute atomic E-state index is 11.2. The molecule has 4 aromatic rings. The molecule has 5 rings (SSSR count). The van der Waals surface area contributed by atoms with E-state index in [2.05, 4.69) is 20.8 Å². The third-order valence-corrected chi connectivity index (χ3v) is 11.3. The molecule has 2 heterocycles. The maximum Gasteiger partial charge on any atom is 0.268 e. The van der Waals surface area contributed by atoms with E-state index in [-0.39, 0.29) is 12.8 Å². The van der Waals surface area contributed by atoms with Gasteiger partial charge < -0.3 is 23.6 Å². The Morgan fingerprint density at radius 2 is 1.49 bits per heavy atom. The summed E-state index contributed by atoms with van der Waals surface area (Å²) in [7, 11) is -8.61. The Morgan fingerprint density at radius 3 is 2.10 bits per heavy atom. The number of rotatable bonds is 15. The van der Waals surface area contributed by atoms with Crippen LogP contribution in [0.25, 0.3) is 27.4 Å². The van der Waals surface area contributed by atoms with Gasteiger partial charge in [0.05, 0.1) is 51.6 Å². The Labute approximate surface area is 299 Å². The second-order valence-corrected chi connectivity index (χ2v) is 16.3. The van der Waals surface area contributed by atoms with Gasteiger partial charge in [-0.2, -0.15) is 4.57 Å². The van der Waals surface area contributed by atoms with Gasteiger partial charge in [0, 0.05) is 35.6 Å². The summed E-state index contributed by atoms with van der Waals surface area (Å²) in [5.41, 5.74) is 3.73. The van der Waals surface area contributed by atoms with Crippen molar-refractivity contribution in [3.05, 3.63) is 82.6 Å². The van der Waals surface area contributed by atoms with E-state index >= 15 is 0 Å². The lowest BCUT2D eigenvalue weighted by Crippen LogP contribution is -3.11. The fourth-order valence-electron chi connectivity index (χ4n) is 5.61. The van der Waals surface area contributed by atoms with Crippen molar-refractivity contribution in [1.82, 2.24) is 0 Å². The quantitative estimate of drug-likeness (QED) is 0.0985. The number of ether oxygens (including phenoxy) is 1. The van der Waals surface area contributed by atoms with Crippen LogP contribution in [0.3, 0.4) is 0 Å². The number of aryl methyl sites for hydroxylation is 1. The van der Waals surface area contributed by atoms with Crippen LogP contribution in [-0.2, 0) is 26.8 Å². The maximum atomic E-state index is 11.2. The second-order valence-electron chi connectivity index (χ2n) is 11.7. The highest BCUT2D eigenvalue weighted by molar-refractivity contribution is 7.85. The molecular weight excluding hydrogens is 706 g/mol. The molecule has 0 saturated carbocycles. The first-order valence-corrected chi connectivity index (χ1v) is 20.9. The first-order chi connectivity index (χ1) is 23.3. The second kappa shape index (κ2) is 17.8. The normalized spacial score (nSPS) is 13.9. The standard InChI is InChI=1S/C29H29ClN2O7S3.C6H15N/c30-23-11-13-27-25(19-23)32(15-5-7-17-42(36,37)38)29(40-27)20-28-31(14-4-6-16-41(33,34)35)24-18-22(10-12-26(24)39-28)21-8-2-1-3-9-21;1-4-7(5-2)6-3/h1-3,8-13,18-20H,4-7,14-17H2,(H-,33,34,35,36,37,38);4-6H2,1-3H3. The highest BCUT2D eigenvalue weighted by atomic mass is 35.5. The number of halogens is 1. The number of hydrogen-bond donors (Lipinski definition) is 1. The summed E-state index contributed by atoms with van der Waals surface area (Å²) in [4.78, 5) is 3.66. The Bertz CT molecular complexity index is 1940. The zero-order valence-electron chi connectivity index (χ0n) is 28.1. The Kier molecular flexibility index (Phi) is 14.0. The lowest BCUT2D eigenvalue weighted by Gasteiger charge is -2.19. The van der Waals surface area contributed by atoms with Crippen molar-refractivity contribution in [3.63, 3.8) is 0 Å². The number of benzene rings is 3. The number of nitrogens with zero attached hydrogens (tertiary/aromatic N) is 2. The third-order valence-electron chi connectivity index (χ3n) is 8.33. The van der Waals surface area contributed by atoms with Gasteiger partial charge in [-0.3, -0.25) is 0 Å². The molecule has 14 heteroatoms. The van der Waals surface area contributed by atoms with Crippen molar-refractivity contribution in [2.24, 2.45) is 0 Å². The van der Waals surface area contributed by atoms with Crippen LogP contribution in [0.1, 0.15) is 51.5 Å². The van der Waals surface area contributed by atoms with Gasteiger partial charge in [-0.15, -0.1) is 0 Å². The minimum atomic E-state index is -4.31. The summed E-state index contributed by atoms with van der Waals surface area (Å²) in [5.74, 6) is 0.317. The molecule has 3 aromatic carbocycles. The number of hydrogen-bond acceptors (Lipinski definition) is 9. The molecule has 1 aliphatic heterocycles. The van der Waals surface area contributed by atoms with Crippen molar-refractivity contribution >= 4 is 65.2 Å². The van der Waals surface area contributed by atoms with Crippen molar-refractivity contribution in [1.29, 1.82) is 0 Å². The SMILES string of the molecule is CC[NH+](CC)CC.O=S(=O)([O-])CCCCN1/C(=C/c2sc3ccc(Cl)cc3[n+]2CCCCS(=O)(=O)[O-])Oc2ccc(-c3ccccc3)cc21. The molecule has 0 spiro atoms. The first kappa shape index (κ1) is 38.8. The topological polar surface area (TPSA) is 135 Å². The zero-order valence-corrected chi connectivity index (χ0v) is 31.3. The molecule has 1 aliphatic rings. The van der Waals surface area contributed by atoms with E-state index in [0.29, 0.717) is 42.6 Å². The highest BCUT2D eigenvalue weighted by Crippen LogP contribution is 2.42. The van der Waals surface area contributed by atoms with E-state index in [4.69, 9.17) is 16.3 Å². The van der Waals surface area contributed by atoms with E-state index in [1.54, 1.807) is 11.0 Å². The molecule has 0 saturated heterocycles. The van der Waals surface area contributed by atoms with Gasteiger partial charge in [-0.25, -0.2) is 16.8 Å². The van der Waals surface area contributed by atoms with Crippen LogP contribution in [0.4, 0.5) is 5.69 Å². The van der Waals surface area contributed by atoms with Crippen molar-refractivity contribution in [2.45, 2.75) is 53.0 Å². The average Bonchev–Trinajstić information content (AvgIpc) is 3.58. The fraction of sp³-hybridized carbons (Fsp3) is 0.400. The monoisotopic (exact) mass is 749 g/mol. The molecule has 0 unspecified atom stereocenters. The molecule has 10 nitrogen and oxygen atoms in total. The van der Waals surface area contributed by atoms with Crippen molar-refractivity contribution < 1.29 is 40.1 Å². The molecule has 1 N–H and O–H groups in total. The minimum absolute atomic E-state index is 0.216. The molecule has 0 fully saturated rings. The lowest BCUT2D eigenvalue weighted by atomic mass is 10.0. The average molecular weight is 750 g/mol. The molecule has 1 aromatic heterocycles. The van der Waals surface area contributed by atoms with Crippen LogP contribution in [0.5, 0.6) is 5.75 Å². The van der Waals surface area contributed by atoms with Gasteiger partial charge in [0.25, 0.3) is 5.01 Å². The number of thiazole rings is 1. The number of unbranched alkanes of at least 4 members (excludes halogenated alkanes) is 2. The Morgan fingerprint density at radius 1 is 0.837 bits per heavy atom.